The third kappa shape index (κ3) is 3.79. The molecular weight excluding hydrogens is 403 g/mol. The van der Waals surface area contributed by atoms with Crippen LogP contribution in [0.2, 0.25) is 0 Å². The monoisotopic (exact) mass is 405 g/mol. The number of carbonyl (C=O) groups is 2. The molecular formula is C12H5Cl6NO2. The largest absolute Gasteiger partial charge is 0.302 e. The van der Waals surface area contributed by atoms with Crippen LogP contribution < -0.4 is 4.90 Å². The summed E-state index contributed by atoms with van der Waals surface area (Å²) in [6.45, 7) is 0. The average molecular weight is 408 g/mol. The van der Waals surface area contributed by atoms with Crippen molar-refractivity contribution in [2.45, 2.75) is 7.59 Å². The van der Waals surface area contributed by atoms with E-state index in [1.807, 2.05) is 0 Å². The zero-order valence-corrected chi connectivity index (χ0v) is 14.5. The Kier molecular flexibility index (Phi) is 4.75. The van der Waals surface area contributed by atoms with E-state index in [0.29, 0.717) is 0 Å². The molecule has 0 N–H and O–H groups in total. The molecule has 0 saturated heterocycles. The van der Waals surface area contributed by atoms with Crippen LogP contribution in [-0.4, -0.2) is 11.7 Å². The third-order valence-corrected chi connectivity index (χ3v) is 3.96. The highest BCUT2D eigenvalue weighted by Crippen LogP contribution is 2.45. The van der Waals surface area contributed by atoms with Gasteiger partial charge >= 0.3 is 5.91 Å². The summed E-state index contributed by atoms with van der Waals surface area (Å²) >= 11 is 35.0. The summed E-state index contributed by atoms with van der Waals surface area (Å²) in [4.78, 5) is 24.1. The molecule has 0 saturated carbocycles. The number of nitrogens with zero attached hydrogens (tertiary/aromatic N) is 1. The summed E-state index contributed by atoms with van der Waals surface area (Å²) in [5.74, 6) is -1.41. The van der Waals surface area contributed by atoms with Gasteiger partial charge in [0.05, 0.1) is 0 Å². The maximum absolute atomic E-state index is 11.7. The normalized spacial score (nSPS) is 16.0. The molecule has 112 valence electrons. The molecule has 0 aliphatic carbocycles. The van der Waals surface area contributed by atoms with Gasteiger partial charge in [0.25, 0.3) is 0 Å². The van der Waals surface area contributed by atoms with Crippen molar-refractivity contribution >= 4 is 87.0 Å². The van der Waals surface area contributed by atoms with E-state index in [-0.39, 0.29) is 16.8 Å². The van der Waals surface area contributed by atoms with Crippen molar-refractivity contribution in [3.63, 3.8) is 0 Å². The van der Waals surface area contributed by atoms with Crippen LogP contribution in [0.5, 0.6) is 0 Å². The number of halogens is 6. The maximum Gasteiger partial charge on any atom is 0.302 e. The number of hydrogen-bond acceptors (Lipinski definition) is 2. The lowest BCUT2D eigenvalue weighted by atomic mass is 10.1. The number of amides is 1. The van der Waals surface area contributed by atoms with E-state index in [1.54, 1.807) is 0 Å². The van der Waals surface area contributed by atoms with Crippen LogP contribution in [0.1, 0.15) is 11.1 Å². The predicted molar refractivity (Wildman–Crippen MR) is 86.5 cm³/mol. The Morgan fingerprint density at radius 1 is 0.810 bits per heavy atom. The van der Waals surface area contributed by atoms with Gasteiger partial charge < -0.3 is 0 Å². The molecule has 0 spiro atoms. The summed E-state index contributed by atoms with van der Waals surface area (Å²) in [7, 11) is 0. The van der Waals surface area contributed by atoms with Crippen LogP contribution in [0.25, 0.3) is 0 Å². The van der Waals surface area contributed by atoms with Crippen LogP contribution in [0, 0.1) is 0 Å². The molecule has 1 aliphatic rings. The van der Waals surface area contributed by atoms with Gasteiger partial charge in [0, 0.05) is 29.1 Å². The number of carbonyl (C=O) groups excluding carboxylic acids is 2. The van der Waals surface area contributed by atoms with Crippen LogP contribution in [0.15, 0.2) is 30.5 Å². The second kappa shape index (κ2) is 5.80. The van der Waals surface area contributed by atoms with Crippen LogP contribution >= 0.6 is 69.6 Å². The smallest absolute Gasteiger partial charge is 0.284 e. The minimum absolute atomic E-state index is 0.201. The summed E-state index contributed by atoms with van der Waals surface area (Å²) < 4.78 is -3.56. The minimum atomic E-state index is -1.78. The summed E-state index contributed by atoms with van der Waals surface area (Å²) in [6, 6.07) is 4.25. The number of benzene rings is 1. The molecule has 0 atom stereocenters. The Morgan fingerprint density at radius 3 is 1.62 bits per heavy atom. The van der Waals surface area contributed by atoms with Crippen LogP contribution in [0.4, 0.5) is 5.69 Å². The molecule has 0 unspecified atom stereocenters. The number of anilines is 1. The summed E-state index contributed by atoms with van der Waals surface area (Å²) in [6.07, 6.45) is 2.42. The summed E-state index contributed by atoms with van der Waals surface area (Å²) in [5.41, 5.74) is 0.658. The molecule has 0 fully saturated rings. The molecule has 9 heteroatoms. The quantitative estimate of drug-likeness (QED) is 0.496. The molecule has 0 aromatic heterocycles. The van der Waals surface area contributed by atoms with Gasteiger partial charge in [0.1, 0.15) is 0 Å². The lowest BCUT2D eigenvalue weighted by molar-refractivity contribution is -0.132. The van der Waals surface area contributed by atoms with Crippen molar-refractivity contribution < 1.29 is 9.59 Å². The number of rotatable bonds is 1. The van der Waals surface area contributed by atoms with Crippen molar-refractivity contribution in [1.29, 1.82) is 0 Å². The SMILES string of the molecule is O=C1C=CN(c2cc(C(Cl)(Cl)Cl)cc(C(Cl)(Cl)Cl)c2)C1=O. The van der Waals surface area contributed by atoms with Crippen molar-refractivity contribution in [2.75, 3.05) is 4.90 Å². The average Bonchev–Trinajstić information content (AvgIpc) is 2.67. The topological polar surface area (TPSA) is 37.4 Å². The van der Waals surface area contributed by atoms with E-state index in [4.69, 9.17) is 69.6 Å². The Morgan fingerprint density at radius 2 is 1.29 bits per heavy atom. The fourth-order valence-electron chi connectivity index (χ4n) is 1.68. The Hall–Kier alpha value is -0.160. The van der Waals surface area contributed by atoms with Crippen molar-refractivity contribution in [1.82, 2.24) is 0 Å². The highest BCUT2D eigenvalue weighted by molar-refractivity contribution is 6.67. The second-order valence-corrected chi connectivity index (χ2v) is 8.68. The lowest BCUT2D eigenvalue weighted by Crippen LogP contribution is -2.26. The first-order chi connectivity index (χ1) is 9.50. The first-order valence-electron chi connectivity index (χ1n) is 5.35. The molecule has 21 heavy (non-hydrogen) atoms. The zero-order chi connectivity index (χ0) is 16.0. The molecule has 1 amide bonds. The van der Waals surface area contributed by atoms with Crippen molar-refractivity contribution in [2.24, 2.45) is 0 Å². The van der Waals surface area contributed by atoms with Crippen LogP contribution in [-0.2, 0) is 17.2 Å². The van der Waals surface area contributed by atoms with E-state index < -0.39 is 19.3 Å². The molecule has 0 radical (unpaired) electrons. The van der Waals surface area contributed by atoms with E-state index in [2.05, 4.69) is 0 Å². The highest BCUT2D eigenvalue weighted by Gasteiger charge is 2.32. The molecule has 1 heterocycles. The lowest BCUT2D eigenvalue weighted by Gasteiger charge is -2.21. The van der Waals surface area contributed by atoms with E-state index in [9.17, 15) is 9.59 Å². The van der Waals surface area contributed by atoms with E-state index >= 15 is 0 Å². The van der Waals surface area contributed by atoms with Gasteiger partial charge in [-0.15, -0.1) is 0 Å². The van der Waals surface area contributed by atoms with Gasteiger partial charge in [-0.25, -0.2) is 0 Å². The van der Waals surface area contributed by atoms with Crippen molar-refractivity contribution in [3.8, 4) is 0 Å². The van der Waals surface area contributed by atoms with Gasteiger partial charge in [-0.1, -0.05) is 69.6 Å². The number of alkyl halides is 6. The van der Waals surface area contributed by atoms with Crippen LogP contribution in [0.3, 0.4) is 0 Å². The first-order valence-corrected chi connectivity index (χ1v) is 7.62. The molecule has 1 aliphatic heterocycles. The maximum atomic E-state index is 11.7. The van der Waals surface area contributed by atoms with Crippen molar-refractivity contribution in [3.05, 3.63) is 41.6 Å². The van der Waals surface area contributed by atoms with E-state index in [0.717, 1.165) is 11.0 Å². The zero-order valence-electron chi connectivity index (χ0n) is 9.92. The number of ketones is 1. The van der Waals surface area contributed by atoms with E-state index in [1.165, 1.54) is 24.4 Å². The molecule has 1 aromatic carbocycles. The molecule has 0 bridgehead atoms. The highest BCUT2D eigenvalue weighted by atomic mass is 35.6. The Labute approximate surface area is 150 Å². The summed E-state index contributed by atoms with van der Waals surface area (Å²) in [5, 5.41) is 0. The van der Waals surface area contributed by atoms with Gasteiger partial charge in [-0.05, 0) is 18.2 Å². The fraction of sp³-hybridized carbons (Fsp3) is 0.167. The van der Waals surface area contributed by atoms with Gasteiger partial charge in [0.2, 0.25) is 13.4 Å². The molecule has 3 nitrogen and oxygen atoms in total. The Bertz CT molecular complexity index is 612. The second-order valence-electron chi connectivity index (χ2n) is 4.12. The predicted octanol–water partition coefficient (Wildman–Crippen LogP) is 4.77. The Balaban J connectivity index is 2.59. The molecule has 1 aromatic rings. The van der Waals surface area contributed by atoms with Gasteiger partial charge in [-0.2, -0.15) is 0 Å². The minimum Gasteiger partial charge on any atom is -0.284 e. The van der Waals surface area contributed by atoms with Gasteiger partial charge in [-0.3, -0.25) is 14.5 Å². The first kappa shape index (κ1) is 17.2. The van der Waals surface area contributed by atoms with Gasteiger partial charge in [0.15, 0.2) is 0 Å². The fourth-order valence-corrected chi connectivity index (χ4v) is 2.34. The standard InChI is InChI=1S/C12H5Cl6NO2/c13-11(14,15)6-3-7(12(16,17)18)5-8(4-6)19-2-1-9(20)10(19)21/h1-5H. The number of hydrogen-bond donors (Lipinski definition) is 0. The molecule has 2 rings (SSSR count). The third-order valence-electron chi connectivity index (χ3n) is 2.66.